The van der Waals surface area contributed by atoms with Crippen molar-refractivity contribution in [2.75, 3.05) is 6.61 Å². The fraction of sp³-hybridized carbons (Fsp3) is 0.222. The Hall–Kier alpha value is -1.71. The van der Waals surface area contributed by atoms with Crippen molar-refractivity contribution < 1.29 is 9.53 Å². The van der Waals surface area contributed by atoms with E-state index in [0.29, 0.717) is 18.9 Å². The van der Waals surface area contributed by atoms with Crippen molar-refractivity contribution in [1.82, 2.24) is 9.97 Å². The molecule has 0 aliphatic carbocycles. The highest BCUT2D eigenvalue weighted by atomic mass is 16.5. The molecule has 0 aliphatic rings. The maximum Gasteiger partial charge on any atom is 0.316 e. The van der Waals surface area contributed by atoms with Crippen molar-refractivity contribution in [2.24, 2.45) is 0 Å². The monoisotopic (exact) mass is 178 g/mol. The molecule has 0 N–H and O–H groups in total. The van der Waals surface area contributed by atoms with E-state index in [1.54, 1.807) is 18.5 Å². The van der Waals surface area contributed by atoms with Crippen molar-refractivity contribution in [1.29, 1.82) is 0 Å². The summed E-state index contributed by atoms with van der Waals surface area (Å²) < 4.78 is 5.05. The third-order valence-electron chi connectivity index (χ3n) is 1.29. The molecule has 4 heteroatoms. The molecule has 13 heavy (non-hydrogen) atoms. The molecule has 0 atom stereocenters. The van der Waals surface area contributed by atoms with Crippen LogP contribution < -0.4 is 4.74 Å². The van der Waals surface area contributed by atoms with Gasteiger partial charge in [0.1, 0.15) is 6.29 Å². The van der Waals surface area contributed by atoms with Gasteiger partial charge in [0.25, 0.3) is 0 Å². The Bertz CT molecular complexity index is 293. The largest absolute Gasteiger partial charge is 0.464 e. The number of allylic oxidation sites excluding steroid dienone is 1. The second kappa shape index (κ2) is 5.03. The second-order valence-electron chi connectivity index (χ2n) is 2.23. The number of nitrogens with zero attached hydrogens (tertiary/aromatic N) is 2. The fourth-order valence-corrected chi connectivity index (χ4v) is 0.766. The molecule has 0 aromatic carbocycles. The Morgan fingerprint density at radius 1 is 1.46 bits per heavy atom. The van der Waals surface area contributed by atoms with Crippen LogP contribution in [-0.2, 0) is 4.79 Å². The fourth-order valence-electron chi connectivity index (χ4n) is 0.766. The Balaban J connectivity index is 2.69. The van der Waals surface area contributed by atoms with E-state index in [1.807, 2.05) is 6.92 Å². The van der Waals surface area contributed by atoms with Gasteiger partial charge in [-0.1, -0.05) is 0 Å². The van der Waals surface area contributed by atoms with Gasteiger partial charge in [-0.2, -0.15) is 0 Å². The first-order chi connectivity index (χ1) is 6.36. The summed E-state index contributed by atoms with van der Waals surface area (Å²) in [5.74, 6) is 0. The highest BCUT2D eigenvalue weighted by Crippen LogP contribution is 2.03. The quantitative estimate of drug-likeness (QED) is 0.511. The first-order valence-electron chi connectivity index (χ1n) is 3.93. The zero-order chi connectivity index (χ0) is 9.52. The number of rotatable bonds is 4. The SMILES string of the molecule is CCOc1ncc(C=CC=O)cn1. The van der Waals surface area contributed by atoms with Crippen molar-refractivity contribution in [3.05, 3.63) is 24.0 Å². The standard InChI is InChI=1S/C9H10N2O2/c1-2-13-9-10-6-8(7-11-9)4-3-5-12/h3-7H,2H2,1H3. The van der Waals surface area contributed by atoms with Crippen LogP contribution in [0, 0.1) is 0 Å². The van der Waals surface area contributed by atoms with Gasteiger partial charge < -0.3 is 4.74 Å². The van der Waals surface area contributed by atoms with Crippen LogP contribution >= 0.6 is 0 Å². The zero-order valence-electron chi connectivity index (χ0n) is 7.30. The molecule has 0 bridgehead atoms. The number of carbonyl (C=O) groups is 1. The number of aldehydes is 1. The predicted molar refractivity (Wildman–Crippen MR) is 48.3 cm³/mol. The molecule has 0 fully saturated rings. The van der Waals surface area contributed by atoms with Crippen LogP contribution in [0.1, 0.15) is 12.5 Å². The summed E-state index contributed by atoms with van der Waals surface area (Å²) in [6, 6.07) is 0.353. The summed E-state index contributed by atoms with van der Waals surface area (Å²) in [5, 5.41) is 0. The van der Waals surface area contributed by atoms with Gasteiger partial charge in [-0.3, -0.25) is 4.79 Å². The molecule has 1 aromatic rings. The number of aromatic nitrogens is 2. The lowest BCUT2D eigenvalue weighted by atomic mass is 10.3. The Labute approximate surface area is 76.3 Å². The first kappa shape index (κ1) is 9.38. The molecular formula is C9H10N2O2. The average molecular weight is 178 g/mol. The molecule has 0 aliphatic heterocycles. The van der Waals surface area contributed by atoms with Crippen LogP contribution in [0.5, 0.6) is 6.01 Å². The third kappa shape index (κ3) is 3.02. The molecule has 0 saturated heterocycles. The highest BCUT2D eigenvalue weighted by Gasteiger charge is 1.93. The molecule has 0 spiro atoms. The topological polar surface area (TPSA) is 52.1 Å². The first-order valence-corrected chi connectivity index (χ1v) is 3.93. The lowest BCUT2D eigenvalue weighted by Crippen LogP contribution is -1.96. The predicted octanol–water partition coefficient (Wildman–Crippen LogP) is 1.09. The van der Waals surface area contributed by atoms with Crippen molar-refractivity contribution in [3.63, 3.8) is 0 Å². The van der Waals surface area contributed by atoms with Crippen LogP contribution in [-0.4, -0.2) is 22.9 Å². The summed E-state index contributed by atoms with van der Waals surface area (Å²) in [4.78, 5) is 17.8. The summed E-state index contributed by atoms with van der Waals surface area (Å²) in [5.41, 5.74) is 0.774. The summed E-state index contributed by atoms with van der Waals surface area (Å²) in [7, 11) is 0. The van der Waals surface area contributed by atoms with Gasteiger partial charge in [0, 0.05) is 18.0 Å². The molecule has 1 heterocycles. The van der Waals surface area contributed by atoms with Crippen LogP contribution in [0.2, 0.25) is 0 Å². The van der Waals surface area contributed by atoms with E-state index >= 15 is 0 Å². The normalized spacial score (nSPS) is 10.2. The van der Waals surface area contributed by atoms with Gasteiger partial charge >= 0.3 is 6.01 Å². The summed E-state index contributed by atoms with van der Waals surface area (Å²) in [6.07, 6.45) is 6.91. The average Bonchev–Trinajstić information content (AvgIpc) is 2.17. The van der Waals surface area contributed by atoms with E-state index in [9.17, 15) is 4.79 Å². The molecule has 0 radical (unpaired) electrons. The molecule has 4 nitrogen and oxygen atoms in total. The minimum Gasteiger partial charge on any atom is -0.464 e. The van der Waals surface area contributed by atoms with Crippen LogP contribution in [0.3, 0.4) is 0 Å². The highest BCUT2D eigenvalue weighted by molar-refractivity contribution is 5.73. The van der Waals surface area contributed by atoms with Crippen LogP contribution in [0.25, 0.3) is 6.08 Å². The summed E-state index contributed by atoms with van der Waals surface area (Å²) in [6.45, 7) is 2.41. The second-order valence-corrected chi connectivity index (χ2v) is 2.23. The minimum atomic E-state index is 0.353. The third-order valence-corrected chi connectivity index (χ3v) is 1.29. The van der Waals surface area contributed by atoms with Crippen molar-refractivity contribution >= 4 is 12.4 Å². The van der Waals surface area contributed by atoms with Crippen molar-refractivity contribution in [3.8, 4) is 6.01 Å². The van der Waals surface area contributed by atoms with E-state index in [2.05, 4.69) is 9.97 Å². The van der Waals surface area contributed by atoms with Crippen LogP contribution in [0.15, 0.2) is 18.5 Å². The number of ether oxygens (including phenoxy) is 1. The van der Waals surface area contributed by atoms with Gasteiger partial charge in [0.05, 0.1) is 6.61 Å². The van der Waals surface area contributed by atoms with E-state index in [1.165, 1.54) is 6.08 Å². The molecule has 0 saturated carbocycles. The number of hydrogen-bond donors (Lipinski definition) is 0. The Morgan fingerprint density at radius 3 is 2.69 bits per heavy atom. The maximum absolute atomic E-state index is 10.00. The molecule has 1 rings (SSSR count). The lowest BCUT2D eigenvalue weighted by Gasteiger charge is -1.98. The molecule has 0 amide bonds. The van der Waals surface area contributed by atoms with Gasteiger partial charge in [-0.25, -0.2) is 9.97 Å². The van der Waals surface area contributed by atoms with E-state index in [-0.39, 0.29) is 0 Å². The molecule has 0 unspecified atom stereocenters. The molecule has 1 aromatic heterocycles. The van der Waals surface area contributed by atoms with Gasteiger partial charge in [0.15, 0.2) is 0 Å². The van der Waals surface area contributed by atoms with Crippen molar-refractivity contribution in [2.45, 2.75) is 6.92 Å². The van der Waals surface area contributed by atoms with E-state index in [0.717, 1.165) is 5.56 Å². The Morgan fingerprint density at radius 2 is 2.15 bits per heavy atom. The molecular weight excluding hydrogens is 168 g/mol. The molecule has 68 valence electrons. The van der Waals surface area contributed by atoms with Crippen LogP contribution in [0.4, 0.5) is 0 Å². The van der Waals surface area contributed by atoms with Gasteiger partial charge in [-0.15, -0.1) is 0 Å². The number of hydrogen-bond acceptors (Lipinski definition) is 4. The smallest absolute Gasteiger partial charge is 0.316 e. The minimum absolute atomic E-state index is 0.353. The number of carbonyl (C=O) groups excluding carboxylic acids is 1. The zero-order valence-corrected chi connectivity index (χ0v) is 7.30. The van der Waals surface area contributed by atoms with Gasteiger partial charge in [0.2, 0.25) is 0 Å². The van der Waals surface area contributed by atoms with Gasteiger partial charge in [-0.05, 0) is 19.1 Å². The maximum atomic E-state index is 10.00. The lowest BCUT2D eigenvalue weighted by molar-refractivity contribution is -0.104. The van der Waals surface area contributed by atoms with E-state index < -0.39 is 0 Å². The van der Waals surface area contributed by atoms with E-state index in [4.69, 9.17) is 4.74 Å². The Kier molecular flexibility index (Phi) is 3.63. The summed E-state index contributed by atoms with van der Waals surface area (Å²) >= 11 is 0.